The molecule has 216 valence electrons. The number of rotatable bonds is 10. The van der Waals surface area contributed by atoms with Crippen molar-refractivity contribution in [1.82, 2.24) is 4.57 Å². The van der Waals surface area contributed by atoms with Gasteiger partial charge in [-0.15, -0.1) is 0 Å². The first-order valence-corrected chi connectivity index (χ1v) is 14.4. The quantitative estimate of drug-likeness (QED) is 0.322. The number of ether oxygens (including phenoxy) is 4. The fraction of sp³-hybridized carbons (Fsp3) is 0.333. The molecular formula is C30H31ClN2O7S. The van der Waals surface area contributed by atoms with Crippen LogP contribution in [0.4, 0.5) is 0 Å². The Morgan fingerprint density at radius 1 is 1.10 bits per heavy atom. The molecule has 0 bridgehead atoms. The molecule has 1 aliphatic heterocycles. The zero-order valence-electron chi connectivity index (χ0n) is 23.4. The number of allylic oxidation sites excluding steroid dienone is 1. The van der Waals surface area contributed by atoms with Crippen LogP contribution in [0.15, 0.2) is 63.5 Å². The summed E-state index contributed by atoms with van der Waals surface area (Å²) in [5.41, 5.74) is 1.64. The highest BCUT2D eigenvalue weighted by Gasteiger charge is 2.34. The van der Waals surface area contributed by atoms with E-state index in [2.05, 4.69) is 4.99 Å². The minimum absolute atomic E-state index is 0.255. The SMILES string of the molecule is CCOC(=O)COc1ccc(C=c2sc3n(c2=O)C(c2ccccc2Cl)C(C(=O)OC(C)C)=C(C)N=3)cc1OCC. The van der Waals surface area contributed by atoms with Gasteiger partial charge in [0.05, 0.1) is 35.1 Å². The first-order valence-electron chi connectivity index (χ1n) is 13.2. The Bertz CT molecular complexity index is 1670. The van der Waals surface area contributed by atoms with E-state index in [9.17, 15) is 14.4 Å². The Morgan fingerprint density at radius 2 is 1.85 bits per heavy atom. The minimum Gasteiger partial charge on any atom is -0.490 e. The lowest BCUT2D eigenvalue weighted by Crippen LogP contribution is -2.40. The van der Waals surface area contributed by atoms with Crippen molar-refractivity contribution in [2.75, 3.05) is 19.8 Å². The lowest BCUT2D eigenvalue weighted by molar-refractivity contribution is -0.145. The third kappa shape index (κ3) is 6.71. The molecule has 1 atom stereocenters. The summed E-state index contributed by atoms with van der Waals surface area (Å²) < 4.78 is 23.7. The van der Waals surface area contributed by atoms with Crippen LogP contribution < -0.4 is 24.4 Å². The molecule has 4 rings (SSSR count). The molecule has 1 unspecified atom stereocenters. The Kier molecular flexibility index (Phi) is 9.67. The predicted octanol–water partition coefficient (Wildman–Crippen LogP) is 4.18. The minimum atomic E-state index is -0.814. The maximum Gasteiger partial charge on any atom is 0.344 e. The van der Waals surface area contributed by atoms with E-state index in [0.717, 1.165) is 0 Å². The number of aromatic nitrogens is 1. The van der Waals surface area contributed by atoms with Crippen LogP contribution in [-0.2, 0) is 19.1 Å². The molecule has 0 saturated carbocycles. The fourth-order valence-corrected chi connectivity index (χ4v) is 5.63. The summed E-state index contributed by atoms with van der Waals surface area (Å²) in [4.78, 5) is 43.9. The molecule has 2 heterocycles. The van der Waals surface area contributed by atoms with Gasteiger partial charge in [-0.25, -0.2) is 14.6 Å². The van der Waals surface area contributed by atoms with Gasteiger partial charge in [0.25, 0.3) is 5.56 Å². The second kappa shape index (κ2) is 13.2. The van der Waals surface area contributed by atoms with Crippen LogP contribution in [0.2, 0.25) is 5.02 Å². The summed E-state index contributed by atoms with van der Waals surface area (Å²) in [5.74, 6) is -0.247. The number of nitrogens with zero attached hydrogens (tertiary/aromatic N) is 2. The van der Waals surface area contributed by atoms with Crippen LogP contribution in [0, 0.1) is 0 Å². The van der Waals surface area contributed by atoms with Crippen LogP contribution >= 0.6 is 22.9 Å². The smallest absolute Gasteiger partial charge is 0.344 e. The summed E-state index contributed by atoms with van der Waals surface area (Å²) in [5, 5.41) is 0.413. The van der Waals surface area contributed by atoms with Crippen LogP contribution in [0.3, 0.4) is 0 Å². The van der Waals surface area contributed by atoms with E-state index in [0.29, 0.717) is 49.3 Å². The summed E-state index contributed by atoms with van der Waals surface area (Å²) >= 11 is 7.78. The molecule has 3 aromatic rings. The molecule has 2 aromatic carbocycles. The van der Waals surface area contributed by atoms with Crippen molar-refractivity contribution in [3.05, 3.63) is 89.6 Å². The number of carbonyl (C=O) groups is 2. The molecule has 0 aliphatic carbocycles. The van der Waals surface area contributed by atoms with Gasteiger partial charge in [0.2, 0.25) is 0 Å². The van der Waals surface area contributed by atoms with Crippen molar-refractivity contribution in [2.45, 2.75) is 46.8 Å². The van der Waals surface area contributed by atoms with E-state index in [1.165, 1.54) is 15.9 Å². The predicted molar refractivity (Wildman–Crippen MR) is 156 cm³/mol. The van der Waals surface area contributed by atoms with Crippen molar-refractivity contribution in [2.24, 2.45) is 4.99 Å². The van der Waals surface area contributed by atoms with E-state index < -0.39 is 18.0 Å². The first-order chi connectivity index (χ1) is 19.6. The molecule has 1 aromatic heterocycles. The molecule has 0 amide bonds. The van der Waals surface area contributed by atoms with Gasteiger partial charge in [-0.3, -0.25) is 9.36 Å². The van der Waals surface area contributed by atoms with Gasteiger partial charge in [0.1, 0.15) is 6.04 Å². The number of hydrogen-bond donors (Lipinski definition) is 0. The molecular weight excluding hydrogens is 568 g/mol. The zero-order chi connectivity index (χ0) is 29.7. The first kappa shape index (κ1) is 30.1. The number of esters is 2. The average Bonchev–Trinajstić information content (AvgIpc) is 3.21. The standard InChI is InChI=1S/C30H31ClN2O7S/c1-6-37-23-14-19(12-13-22(23)39-16-25(34)38-7-2)15-24-28(35)33-27(20-10-8-9-11-21(20)31)26(29(36)40-17(3)4)18(5)32-30(33)41-24/h8-15,17,27H,6-7,16H2,1-5H3. The van der Waals surface area contributed by atoms with Crippen molar-refractivity contribution in [3.63, 3.8) is 0 Å². The Labute approximate surface area is 246 Å². The molecule has 41 heavy (non-hydrogen) atoms. The van der Waals surface area contributed by atoms with Crippen LogP contribution in [0.1, 0.15) is 51.8 Å². The average molecular weight is 599 g/mol. The van der Waals surface area contributed by atoms with E-state index in [-0.39, 0.29) is 30.5 Å². The third-order valence-electron chi connectivity index (χ3n) is 6.00. The van der Waals surface area contributed by atoms with Gasteiger partial charge in [-0.2, -0.15) is 0 Å². The number of thiazole rings is 1. The molecule has 0 spiro atoms. The maximum absolute atomic E-state index is 13.9. The van der Waals surface area contributed by atoms with E-state index in [4.69, 9.17) is 30.5 Å². The van der Waals surface area contributed by atoms with Gasteiger partial charge in [-0.1, -0.05) is 47.2 Å². The Balaban J connectivity index is 1.81. The molecule has 0 N–H and O–H groups in total. The summed E-state index contributed by atoms with van der Waals surface area (Å²) in [6.45, 7) is 9.17. The van der Waals surface area contributed by atoms with Gasteiger partial charge < -0.3 is 18.9 Å². The molecule has 1 aliphatic rings. The topological polar surface area (TPSA) is 105 Å². The highest BCUT2D eigenvalue weighted by molar-refractivity contribution is 7.07. The van der Waals surface area contributed by atoms with Crippen LogP contribution in [0.25, 0.3) is 6.08 Å². The van der Waals surface area contributed by atoms with Crippen LogP contribution in [0.5, 0.6) is 11.5 Å². The highest BCUT2D eigenvalue weighted by atomic mass is 35.5. The zero-order valence-corrected chi connectivity index (χ0v) is 25.0. The second-order valence-electron chi connectivity index (χ2n) is 9.29. The van der Waals surface area contributed by atoms with E-state index >= 15 is 0 Å². The van der Waals surface area contributed by atoms with Gasteiger partial charge >= 0.3 is 11.9 Å². The van der Waals surface area contributed by atoms with Crippen LogP contribution in [-0.4, -0.2) is 42.4 Å². The molecule has 0 fully saturated rings. The molecule has 0 saturated heterocycles. The molecule has 9 nitrogen and oxygen atoms in total. The van der Waals surface area contributed by atoms with Gasteiger partial charge in [0, 0.05) is 5.02 Å². The van der Waals surface area contributed by atoms with E-state index in [1.54, 1.807) is 76.2 Å². The lowest BCUT2D eigenvalue weighted by atomic mass is 9.96. The van der Waals surface area contributed by atoms with Gasteiger partial charge in [0.15, 0.2) is 22.9 Å². The number of fused-ring (bicyclic) bond motifs is 1. The number of halogens is 1. The maximum atomic E-state index is 13.9. The fourth-order valence-electron chi connectivity index (χ4n) is 4.34. The summed E-state index contributed by atoms with van der Waals surface area (Å²) in [6.07, 6.45) is 1.36. The number of hydrogen-bond acceptors (Lipinski definition) is 9. The third-order valence-corrected chi connectivity index (χ3v) is 7.33. The van der Waals surface area contributed by atoms with E-state index in [1.807, 2.05) is 6.92 Å². The molecule has 0 radical (unpaired) electrons. The molecule has 11 heteroatoms. The normalized spacial score (nSPS) is 14.9. The number of benzene rings is 2. The summed E-state index contributed by atoms with van der Waals surface area (Å²) in [6, 6.07) is 11.4. The van der Waals surface area contributed by atoms with Gasteiger partial charge in [-0.05, 0) is 70.0 Å². The lowest BCUT2D eigenvalue weighted by Gasteiger charge is -2.26. The van der Waals surface area contributed by atoms with Crippen molar-refractivity contribution in [3.8, 4) is 11.5 Å². The number of carbonyl (C=O) groups excluding carboxylic acids is 2. The van der Waals surface area contributed by atoms with Crippen molar-refractivity contribution in [1.29, 1.82) is 0 Å². The summed E-state index contributed by atoms with van der Waals surface area (Å²) in [7, 11) is 0. The second-order valence-corrected chi connectivity index (χ2v) is 10.7. The Hall–Kier alpha value is -3.89. The highest BCUT2D eigenvalue weighted by Crippen LogP contribution is 2.35. The monoisotopic (exact) mass is 598 g/mol. The van der Waals surface area contributed by atoms with Crippen molar-refractivity contribution < 1.29 is 28.5 Å². The largest absolute Gasteiger partial charge is 0.490 e. The Morgan fingerprint density at radius 3 is 2.54 bits per heavy atom. The van der Waals surface area contributed by atoms with Crippen molar-refractivity contribution >= 4 is 41.0 Å².